The van der Waals surface area contributed by atoms with E-state index in [-0.39, 0.29) is 18.4 Å². The molecule has 5 nitrogen and oxygen atoms in total. The molecule has 0 unspecified atom stereocenters. The summed E-state index contributed by atoms with van der Waals surface area (Å²) in [4.78, 5) is 30.4. The summed E-state index contributed by atoms with van der Waals surface area (Å²) in [6, 6.07) is 10.9. The Hall–Kier alpha value is -1.88. The molecule has 1 atom stereocenters. The number of amides is 2. The Morgan fingerprint density at radius 1 is 1.17 bits per heavy atom. The summed E-state index contributed by atoms with van der Waals surface area (Å²) in [5.74, 6) is 0.223. The predicted octanol–water partition coefficient (Wildman–Crippen LogP) is 1.73. The highest BCUT2D eigenvalue weighted by Crippen LogP contribution is 2.17. The summed E-state index contributed by atoms with van der Waals surface area (Å²) in [5, 5.41) is 0. The van der Waals surface area contributed by atoms with Crippen molar-refractivity contribution in [1.29, 1.82) is 0 Å². The Labute approximate surface area is 144 Å². The first-order valence-electron chi connectivity index (χ1n) is 9.01. The van der Waals surface area contributed by atoms with E-state index in [1.54, 1.807) is 4.90 Å². The van der Waals surface area contributed by atoms with Crippen molar-refractivity contribution in [1.82, 2.24) is 14.7 Å². The molecular weight excluding hydrogens is 302 g/mol. The number of hydrogen-bond donors (Lipinski definition) is 0. The van der Waals surface area contributed by atoms with Gasteiger partial charge >= 0.3 is 0 Å². The van der Waals surface area contributed by atoms with Gasteiger partial charge in [0.05, 0.1) is 6.54 Å². The number of piperazine rings is 1. The van der Waals surface area contributed by atoms with Crippen LogP contribution in [0.3, 0.4) is 0 Å². The smallest absolute Gasteiger partial charge is 0.242 e. The van der Waals surface area contributed by atoms with Crippen molar-refractivity contribution in [3.8, 4) is 0 Å². The number of nitrogens with zero attached hydrogens (tertiary/aromatic N) is 3. The highest BCUT2D eigenvalue weighted by atomic mass is 16.2. The first-order chi connectivity index (χ1) is 11.7. The zero-order chi connectivity index (χ0) is 16.9. The Balaban J connectivity index is 1.56. The molecule has 0 bridgehead atoms. The molecule has 2 amide bonds. The number of likely N-dealkylation sites (tertiary alicyclic amines) is 1. The lowest BCUT2D eigenvalue weighted by Crippen LogP contribution is -2.55. The van der Waals surface area contributed by atoms with E-state index < -0.39 is 0 Å². The molecule has 2 heterocycles. The van der Waals surface area contributed by atoms with Gasteiger partial charge in [-0.2, -0.15) is 0 Å². The Morgan fingerprint density at radius 3 is 2.62 bits per heavy atom. The van der Waals surface area contributed by atoms with E-state index in [1.807, 2.05) is 11.0 Å². The monoisotopic (exact) mass is 329 g/mol. The van der Waals surface area contributed by atoms with Crippen molar-refractivity contribution in [2.75, 3.05) is 32.7 Å². The minimum Gasteiger partial charge on any atom is -0.338 e. The summed E-state index contributed by atoms with van der Waals surface area (Å²) in [6.45, 7) is 6.53. The highest BCUT2D eigenvalue weighted by Gasteiger charge is 2.30. The van der Waals surface area contributed by atoms with E-state index in [0.29, 0.717) is 12.5 Å². The summed E-state index contributed by atoms with van der Waals surface area (Å²) >= 11 is 0. The summed E-state index contributed by atoms with van der Waals surface area (Å²) < 4.78 is 0. The van der Waals surface area contributed by atoms with Crippen LogP contribution in [-0.4, -0.2) is 65.3 Å². The minimum atomic E-state index is 0.100. The lowest BCUT2D eigenvalue weighted by Gasteiger charge is -2.41. The molecule has 130 valence electrons. The summed E-state index contributed by atoms with van der Waals surface area (Å²) in [7, 11) is 0. The maximum atomic E-state index is 12.5. The van der Waals surface area contributed by atoms with E-state index >= 15 is 0 Å². The van der Waals surface area contributed by atoms with Crippen molar-refractivity contribution in [2.45, 2.75) is 38.8 Å². The largest absolute Gasteiger partial charge is 0.338 e. The number of carbonyl (C=O) groups excluding carboxylic acids is 2. The van der Waals surface area contributed by atoms with Gasteiger partial charge in [-0.05, 0) is 18.4 Å². The van der Waals surface area contributed by atoms with Crippen LogP contribution in [0, 0.1) is 0 Å². The van der Waals surface area contributed by atoms with Crippen LogP contribution in [0.5, 0.6) is 0 Å². The van der Waals surface area contributed by atoms with E-state index in [0.717, 1.165) is 45.6 Å². The lowest BCUT2D eigenvalue weighted by atomic mass is 10.1. The van der Waals surface area contributed by atoms with Gasteiger partial charge < -0.3 is 9.80 Å². The zero-order valence-corrected chi connectivity index (χ0v) is 14.5. The third-order valence-corrected chi connectivity index (χ3v) is 5.15. The standard InChI is InChI=1S/C19H27N3O2/c1-2-17-14-22(19(24)15-21-10-6-9-18(21)23)12-11-20(17)13-16-7-4-3-5-8-16/h3-5,7-8,17H,2,6,9-15H2,1H3/t17-/m1/s1. The van der Waals surface area contributed by atoms with Gasteiger partial charge in [-0.3, -0.25) is 14.5 Å². The van der Waals surface area contributed by atoms with Crippen molar-refractivity contribution >= 4 is 11.8 Å². The van der Waals surface area contributed by atoms with Gasteiger partial charge in [0.2, 0.25) is 11.8 Å². The molecule has 2 aliphatic rings. The molecule has 0 spiro atoms. The van der Waals surface area contributed by atoms with Gasteiger partial charge in [0.25, 0.3) is 0 Å². The van der Waals surface area contributed by atoms with Crippen LogP contribution in [0.1, 0.15) is 31.7 Å². The number of rotatable bonds is 5. The maximum absolute atomic E-state index is 12.5. The molecule has 0 radical (unpaired) electrons. The van der Waals surface area contributed by atoms with Gasteiger partial charge in [-0.15, -0.1) is 0 Å². The molecule has 2 fully saturated rings. The third kappa shape index (κ3) is 3.96. The molecular formula is C19H27N3O2. The molecule has 2 saturated heterocycles. The maximum Gasteiger partial charge on any atom is 0.242 e. The van der Waals surface area contributed by atoms with Crippen LogP contribution < -0.4 is 0 Å². The molecule has 0 aromatic heterocycles. The number of carbonyl (C=O) groups is 2. The van der Waals surface area contributed by atoms with E-state index in [1.165, 1.54) is 5.56 Å². The first kappa shape index (κ1) is 17.0. The van der Waals surface area contributed by atoms with E-state index in [9.17, 15) is 9.59 Å². The second kappa shape index (κ2) is 7.79. The van der Waals surface area contributed by atoms with Crippen molar-refractivity contribution in [3.63, 3.8) is 0 Å². The Kier molecular flexibility index (Phi) is 5.51. The summed E-state index contributed by atoms with van der Waals surface area (Å²) in [6.07, 6.45) is 2.50. The number of hydrogen-bond acceptors (Lipinski definition) is 3. The van der Waals surface area contributed by atoms with E-state index in [2.05, 4.69) is 36.1 Å². The quantitative estimate of drug-likeness (QED) is 0.826. The van der Waals surface area contributed by atoms with Crippen LogP contribution in [0.25, 0.3) is 0 Å². The van der Waals surface area contributed by atoms with Crippen molar-refractivity contribution < 1.29 is 9.59 Å². The van der Waals surface area contributed by atoms with Gasteiger partial charge in [0.1, 0.15) is 0 Å². The minimum absolute atomic E-state index is 0.100. The molecule has 1 aromatic carbocycles. The van der Waals surface area contributed by atoms with Gasteiger partial charge in [0, 0.05) is 45.2 Å². The van der Waals surface area contributed by atoms with Crippen LogP contribution in [0.4, 0.5) is 0 Å². The second-order valence-electron chi connectivity index (χ2n) is 6.78. The second-order valence-corrected chi connectivity index (χ2v) is 6.78. The first-order valence-corrected chi connectivity index (χ1v) is 9.01. The summed E-state index contributed by atoms with van der Waals surface area (Å²) in [5.41, 5.74) is 1.32. The molecule has 0 aliphatic carbocycles. The normalized spacial score (nSPS) is 22.2. The fourth-order valence-corrected chi connectivity index (χ4v) is 3.67. The van der Waals surface area contributed by atoms with Gasteiger partial charge in [0.15, 0.2) is 0 Å². The average molecular weight is 329 g/mol. The molecule has 5 heteroatoms. The van der Waals surface area contributed by atoms with E-state index in [4.69, 9.17) is 0 Å². The van der Waals surface area contributed by atoms with Crippen molar-refractivity contribution in [2.24, 2.45) is 0 Å². The fraction of sp³-hybridized carbons (Fsp3) is 0.579. The fourth-order valence-electron chi connectivity index (χ4n) is 3.67. The van der Waals surface area contributed by atoms with Crippen LogP contribution in [0.15, 0.2) is 30.3 Å². The van der Waals surface area contributed by atoms with Gasteiger partial charge in [-0.25, -0.2) is 0 Å². The zero-order valence-electron chi connectivity index (χ0n) is 14.5. The molecule has 24 heavy (non-hydrogen) atoms. The Bertz CT molecular complexity index is 575. The lowest BCUT2D eigenvalue weighted by molar-refractivity contribution is -0.140. The Morgan fingerprint density at radius 2 is 1.96 bits per heavy atom. The molecule has 0 N–H and O–H groups in total. The van der Waals surface area contributed by atoms with Crippen molar-refractivity contribution in [3.05, 3.63) is 35.9 Å². The van der Waals surface area contributed by atoms with Crippen LogP contribution in [0.2, 0.25) is 0 Å². The molecule has 3 rings (SSSR count). The average Bonchev–Trinajstić information content (AvgIpc) is 3.01. The molecule has 1 aromatic rings. The topological polar surface area (TPSA) is 43.9 Å². The number of benzene rings is 1. The molecule has 0 saturated carbocycles. The van der Waals surface area contributed by atoms with Gasteiger partial charge in [-0.1, -0.05) is 37.3 Å². The SMILES string of the molecule is CC[C@@H]1CN(C(=O)CN2CCCC2=O)CCN1Cc1ccccc1. The van der Waals surface area contributed by atoms with Crippen LogP contribution >= 0.6 is 0 Å². The third-order valence-electron chi connectivity index (χ3n) is 5.15. The van der Waals surface area contributed by atoms with Crippen LogP contribution in [-0.2, 0) is 16.1 Å². The molecule has 2 aliphatic heterocycles. The predicted molar refractivity (Wildman–Crippen MR) is 93.3 cm³/mol. The highest BCUT2D eigenvalue weighted by molar-refractivity contribution is 5.86.